The molecule has 1 unspecified atom stereocenters. The van der Waals surface area contributed by atoms with Crippen LogP contribution in [-0.2, 0) is 4.74 Å². The summed E-state index contributed by atoms with van der Waals surface area (Å²) < 4.78 is 10.5. The monoisotopic (exact) mass is 252 g/mol. The van der Waals surface area contributed by atoms with Gasteiger partial charge in [-0.2, -0.15) is 0 Å². The summed E-state index contributed by atoms with van der Waals surface area (Å²) in [4.78, 5) is 10.4. The summed E-state index contributed by atoms with van der Waals surface area (Å²) in [5, 5.41) is 0. The van der Waals surface area contributed by atoms with Crippen LogP contribution in [0, 0.1) is 5.92 Å². The van der Waals surface area contributed by atoms with Gasteiger partial charge >= 0.3 is 0 Å². The average molecular weight is 252 g/mol. The second-order valence-electron chi connectivity index (χ2n) is 4.53. The maximum Gasteiger partial charge on any atom is 0.204 e. The van der Waals surface area contributed by atoms with Gasteiger partial charge in [-0.3, -0.25) is 0 Å². The van der Waals surface area contributed by atoms with Crippen molar-refractivity contribution in [2.24, 2.45) is 5.92 Å². The van der Waals surface area contributed by atoms with Crippen LogP contribution in [0.2, 0.25) is 0 Å². The van der Waals surface area contributed by atoms with Crippen molar-refractivity contribution in [1.82, 2.24) is 9.97 Å². The summed E-state index contributed by atoms with van der Waals surface area (Å²) in [5.41, 5.74) is 5.80. The number of anilines is 2. The molecule has 0 bridgehead atoms. The molecule has 100 valence electrons. The van der Waals surface area contributed by atoms with Gasteiger partial charge in [0, 0.05) is 20.2 Å². The normalized spacial score (nSPS) is 19.9. The van der Waals surface area contributed by atoms with E-state index in [4.69, 9.17) is 15.2 Å². The number of hydrogen-bond donors (Lipinski definition) is 1. The molecule has 0 radical (unpaired) electrons. The van der Waals surface area contributed by atoms with Crippen LogP contribution in [0.25, 0.3) is 0 Å². The van der Waals surface area contributed by atoms with Gasteiger partial charge in [0.15, 0.2) is 11.6 Å². The lowest BCUT2D eigenvalue weighted by atomic mass is 9.99. The topological polar surface area (TPSA) is 73.5 Å². The summed E-state index contributed by atoms with van der Waals surface area (Å²) >= 11 is 0. The van der Waals surface area contributed by atoms with Crippen molar-refractivity contribution in [3.63, 3.8) is 0 Å². The van der Waals surface area contributed by atoms with Gasteiger partial charge in [0.2, 0.25) is 5.75 Å². The fraction of sp³-hybridized carbons (Fsp3) is 0.667. The first-order valence-corrected chi connectivity index (χ1v) is 6.14. The van der Waals surface area contributed by atoms with Crippen LogP contribution in [0.3, 0.4) is 0 Å². The molecular formula is C12H20N4O2. The fourth-order valence-corrected chi connectivity index (χ4v) is 2.43. The molecule has 0 aliphatic carbocycles. The van der Waals surface area contributed by atoms with Gasteiger partial charge in [-0.1, -0.05) is 0 Å². The number of hydrogen-bond acceptors (Lipinski definition) is 6. The maximum atomic E-state index is 5.80. The van der Waals surface area contributed by atoms with Crippen LogP contribution in [-0.4, -0.2) is 43.9 Å². The summed E-state index contributed by atoms with van der Waals surface area (Å²) in [6.45, 7) is 2.66. The first-order valence-electron chi connectivity index (χ1n) is 6.14. The molecule has 1 aliphatic heterocycles. The van der Waals surface area contributed by atoms with Crippen LogP contribution < -0.4 is 15.4 Å². The first kappa shape index (κ1) is 12.9. The third-order valence-electron chi connectivity index (χ3n) is 3.24. The molecule has 0 aromatic carbocycles. The Balaban J connectivity index is 2.18. The molecule has 0 amide bonds. The number of nitrogens with zero attached hydrogens (tertiary/aromatic N) is 3. The Labute approximate surface area is 107 Å². The summed E-state index contributed by atoms with van der Waals surface area (Å²) in [6, 6.07) is 0. The fourth-order valence-electron chi connectivity index (χ4n) is 2.43. The highest BCUT2D eigenvalue weighted by atomic mass is 16.5. The largest absolute Gasteiger partial charge is 0.490 e. The Bertz CT molecular complexity index is 398. The van der Waals surface area contributed by atoms with E-state index >= 15 is 0 Å². The number of nitrogen functional groups attached to an aromatic ring is 1. The minimum Gasteiger partial charge on any atom is -0.490 e. The summed E-state index contributed by atoms with van der Waals surface area (Å²) in [6.07, 6.45) is 3.79. The molecule has 2 heterocycles. The Morgan fingerprint density at radius 2 is 2.28 bits per heavy atom. The highest BCUT2D eigenvalue weighted by Crippen LogP contribution is 2.32. The minimum atomic E-state index is 0.386. The molecule has 2 N–H and O–H groups in total. The number of ether oxygens (including phenoxy) is 2. The number of piperidine rings is 1. The van der Waals surface area contributed by atoms with E-state index in [0.29, 0.717) is 17.5 Å². The molecule has 1 atom stereocenters. The lowest BCUT2D eigenvalue weighted by Gasteiger charge is -2.33. The van der Waals surface area contributed by atoms with Crippen molar-refractivity contribution in [3.8, 4) is 5.75 Å². The van der Waals surface area contributed by atoms with E-state index in [9.17, 15) is 0 Å². The SMILES string of the molecule is COCC1CCCN(c2ncnc(N)c2OC)C1. The van der Waals surface area contributed by atoms with Crippen molar-refractivity contribution in [2.45, 2.75) is 12.8 Å². The van der Waals surface area contributed by atoms with Gasteiger partial charge in [-0.15, -0.1) is 0 Å². The average Bonchev–Trinajstić information content (AvgIpc) is 2.39. The maximum absolute atomic E-state index is 5.80. The number of methoxy groups -OCH3 is 2. The third-order valence-corrected chi connectivity index (χ3v) is 3.24. The van der Waals surface area contributed by atoms with Crippen LogP contribution >= 0.6 is 0 Å². The molecular weight excluding hydrogens is 232 g/mol. The number of nitrogens with two attached hydrogens (primary N) is 1. The Hall–Kier alpha value is -1.56. The molecule has 6 heteroatoms. The molecule has 1 aliphatic rings. The van der Waals surface area contributed by atoms with Crippen LogP contribution in [0.15, 0.2) is 6.33 Å². The van der Waals surface area contributed by atoms with Crippen molar-refractivity contribution in [1.29, 1.82) is 0 Å². The first-order chi connectivity index (χ1) is 8.76. The molecule has 6 nitrogen and oxygen atoms in total. The lowest BCUT2D eigenvalue weighted by molar-refractivity contribution is 0.143. The van der Waals surface area contributed by atoms with E-state index in [1.807, 2.05) is 0 Å². The zero-order valence-electron chi connectivity index (χ0n) is 10.9. The molecule has 0 spiro atoms. The van der Waals surface area contributed by atoms with E-state index in [1.54, 1.807) is 14.2 Å². The molecule has 1 saturated heterocycles. The van der Waals surface area contributed by atoms with Gasteiger partial charge in [0.05, 0.1) is 13.7 Å². The third kappa shape index (κ3) is 2.64. The van der Waals surface area contributed by atoms with E-state index in [1.165, 1.54) is 12.7 Å². The summed E-state index contributed by atoms with van der Waals surface area (Å²) in [7, 11) is 3.33. The van der Waals surface area contributed by atoms with Gasteiger partial charge in [-0.25, -0.2) is 9.97 Å². The Morgan fingerprint density at radius 1 is 1.44 bits per heavy atom. The Kier molecular flexibility index (Phi) is 4.19. The van der Waals surface area contributed by atoms with Crippen molar-refractivity contribution < 1.29 is 9.47 Å². The van der Waals surface area contributed by atoms with Crippen LogP contribution in [0.5, 0.6) is 5.75 Å². The van der Waals surface area contributed by atoms with Crippen LogP contribution in [0.1, 0.15) is 12.8 Å². The molecule has 1 fully saturated rings. The van der Waals surface area contributed by atoms with E-state index in [2.05, 4.69) is 14.9 Å². The molecule has 2 rings (SSSR count). The second kappa shape index (κ2) is 5.86. The highest BCUT2D eigenvalue weighted by molar-refractivity contribution is 5.62. The van der Waals surface area contributed by atoms with Crippen molar-refractivity contribution in [2.75, 3.05) is 44.5 Å². The molecule has 1 aromatic heterocycles. The smallest absolute Gasteiger partial charge is 0.204 e. The molecule has 18 heavy (non-hydrogen) atoms. The molecule has 1 aromatic rings. The minimum absolute atomic E-state index is 0.386. The van der Waals surface area contributed by atoms with Crippen molar-refractivity contribution in [3.05, 3.63) is 6.33 Å². The quantitative estimate of drug-likeness (QED) is 0.859. The Morgan fingerprint density at radius 3 is 3.00 bits per heavy atom. The van der Waals surface area contributed by atoms with Gasteiger partial charge in [0.25, 0.3) is 0 Å². The van der Waals surface area contributed by atoms with Gasteiger partial charge < -0.3 is 20.1 Å². The van der Waals surface area contributed by atoms with E-state index in [-0.39, 0.29) is 0 Å². The number of rotatable bonds is 4. The summed E-state index contributed by atoms with van der Waals surface area (Å²) in [5.74, 6) is 2.27. The standard InChI is InChI=1S/C12H20N4O2/c1-17-7-9-4-3-5-16(6-9)12-10(18-2)11(13)14-8-15-12/h8-9H,3-7H2,1-2H3,(H2,13,14,15). The second-order valence-corrected chi connectivity index (χ2v) is 4.53. The van der Waals surface area contributed by atoms with E-state index < -0.39 is 0 Å². The molecule has 0 saturated carbocycles. The number of aromatic nitrogens is 2. The predicted octanol–water partition coefficient (Wildman–Crippen LogP) is 0.930. The zero-order valence-corrected chi connectivity index (χ0v) is 10.9. The van der Waals surface area contributed by atoms with Gasteiger partial charge in [-0.05, 0) is 18.8 Å². The van der Waals surface area contributed by atoms with Crippen molar-refractivity contribution >= 4 is 11.6 Å². The lowest BCUT2D eigenvalue weighted by Crippen LogP contribution is -2.37. The predicted molar refractivity (Wildman–Crippen MR) is 69.8 cm³/mol. The van der Waals surface area contributed by atoms with Crippen LogP contribution in [0.4, 0.5) is 11.6 Å². The zero-order chi connectivity index (χ0) is 13.0. The van der Waals surface area contributed by atoms with E-state index in [0.717, 1.165) is 31.9 Å². The van der Waals surface area contributed by atoms with Gasteiger partial charge in [0.1, 0.15) is 6.33 Å². The highest BCUT2D eigenvalue weighted by Gasteiger charge is 2.24.